The second-order valence-electron chi connectivity index (χ2n) is 15.2. The van der Waals surface area contributed by atoms with Crippen LogP contribution in [-0.4, -0.2) is 23.8 Å². The summed E-state index contributed by atoms with van der Waals surface area (Å²) in [5.41, 5.74) is 13.1. The first-order chi connectivity index (χ1) is 26.9. The number of aromatic nitrogens is 5. The van der Waals surface area contributed by atoms with Crippen LogP contribution in [0.1, 0.15) is 50.7 Å². The largest absolute Gasteiger partial charge is 0.457 e. The lowest BCUT2D eigenvalue weighted by Gasteiger charge is -2.22. The zero-order chi connectivity index (χ0) is 36.9. The van der Waals surface area contributed by atoms with Crippen LogP contribution in [0.4, 0.5) is 0 Å². The van der Waals surface area contributed by atoms with Gasteiger partial charge in [-0.1, -0.05) is 82.3 Å². The summed E-state index contributed by atoms with van der Waals surface area (Å²) in [5.74, 6) is 2.22. The van der Waals surface area contributed by atoms with Crippen molar-refractivity contribution in [2.24, 2.45) is 0 Å². The lowest BCUT2D eigenvalue weighted by atomic mass is 9.83. The monoisotopic (exact) mass is 711 g/mol. The molecule has 0 N–H and O–H groups in total. The topological polar surface area (TPSA) is 56.7 Å². The van der Waals surface area contributed by atoms with E-state index in [0.29, 0.717) is 11.8 Å². The van der Waals surface area contributed by atoms with E-state index in [1.165, 1.54) is 27.6 Å². The van der Waals surface area contributed by atoms with Crippen LogP contribution < -0.4 is 4.74 Å². The van der Waals surface area contributed by atoms with Gasteiger partial charge in [0.05, 0.1) is 27.6 Å². The first kappa shape index (κ1) is 31.7. The van der Waals surface area contributed by atoms with Gasteiger partial charge >= 0.3 is 0 Å². The molecule has 0 saturated carbocycles. The van der Waals surface area contributed by atoms with Crippen molar-refractivity contribution >= 4 is 76.8 Å². The Balaban J connectivity index is 1.16. The van der Waals surface area contributed by atoms with Crippen molar-refractivity contribution in [2.75, 3.05) is 0 Å². The van der Waals surface area contributed by atoms with Crippen LogP contribution >= 0.6 is 0 Å². The van der Waals surface area contributed by atoms with Gasteiger partial charge in [0.2, 0.25) is 0 Å². The molecule has 11 aromatic rings. The van der Waals surface area contributed by atoms with E-state index < -0.39 is 0 Å². The number of para-hydroxylation sites is 4. The molecule has 6 heteroatoms. The molecule has 0 atom stereocenters. The van der Waals surface area contributed by atoms with Crippen molar-refractivity contribution in [3.63, 3.8) is 0 Å². The Kier molecular flexibility index (Phi) is 6.84. The van der Waals surface area contributed by atoms with Crippen LogP contribution in [0.3, 0.4) is 0 Å². The molecule has 5 heterocycles. The van der Waals surface area contributed by atoms with Crippen LogP contribution in [0.5, 0.6) is 11.5 Å². The highest BCUT2D eigenvalue weighted by Gasteiger charge is 2.22. The number of imidazole rings is 2. The minimum atomic E-state index is 0.367. The van der Waals surface area contributed by atoms with E-state index in [2.05, 4.69) is 146 Å². The minimum Gasteiger partial charge on any atom is -0.457 e. The molecule has 0 radical (unpaired) electrons. The zero-order valence-corrected chi connectivity index (χ0v) is 31.1. The zero-order valence-electron chi connectivity index (χ0n) is 31.1. The number of hydrogen-bond donors (Lipinski definition) is 0. The fourth-order valence-electron chi connectivity index (χ4n) is 8.87. The third kappa shape index (κ3) is 4.64. The molecular formula is C49H37N5O. The van der Waals surface area contributed by atoms with Gasteiger partial charge in [0.25, 0.3) is 0 Å². The molecule has 0 fully saturated rings. The van der Waals surface area contributed by atoms with Crippen molar-refractivity contribution in [1.29, 1.82) is 0 Å². The van der Waals surface area contributed by atoms with E-state index in [1.54, 1.807) is 0 Å². The van der Waals surface area contributed by atoms with Gasteiger partial charge in [0.15, 0.2) is 0 Å². The van der Waals surface area contributed by atoms with Gasteiger partial charge in [-0.25, -0.2) is 15.0 Å². The van der Waals surface area contributed by atoms with Crippen molar-refractivity contribution in [1.82, 2.24) is 23.8 Å². The molecule has 55 heavy (non-hydrogen) atoms. The Morgan fingerprint density at radius 3 is 1.75 bits per heavy atom. The fraction of sp³-hybridized carbons (Fsp3) is 0.122. The molecule has 0 saturated heterocycles. The highest BCUT2D eigenvalue weighted by Crippen LogP contribution is 2.44. The molecule has 0 aliphatic heterocycles. The van der Waals surface area contributed by atoms with Crippen molar-refractivity contribution in [3.8, 4) is 22.6 Å². The maximum absolute atomic E-state index is 6.79. The summed E-state index contributed by atoms with van der Waals surface area (Å²) in [6.45, 7) is 9.18. The average molecular weight is 712 g/mol. The molecule has 6 aromatic carbocycles. The van der Waals surface area contributed by atoms with E-state index in [0.717, 1.165) is 83.0 Å². The molecule has 0 spiro atoms. The van der Waals surface area contributed by atoms with Crippen LogP contribution in [0, 0.1) is 0 Å². The molecule has 0 amide bonds. The number of nitrogens with zero attached hydrogens (tertiary/aromatic N) is 5. The predicted molar refractivity (Wildman–Crippen MR) is 227 cm³/mol. The normalized spacial score (nSPS) is 12.3. The van der Waals surface area contributed by atoms with Gasteiger partial charge in [-0.05, 0) is 124 Å². The van der Waals surface area contributed by atoms with Gasteiger partial charge in [-0.3, -0.25) is 8.80 Å². The van der Waals surface area contributed by atoms with Crippen molar-refractivity contribution in [2.45, 2.75) is 39.5 Å². The number of fused-ring (bicyclic) bond motifs is 16. The molecule has 264 valence electrons. The van der Waals surface area contributed by atoms with E-state index >= 15 is 0 Å². The smallest absolute Gasteiger partial charge is 0.147 e. The Bertz CT molecular complexity index is 3340. The second-order valence-corrected chi connectivity index (χ2v) is 15.2. The number of hydrogen-bond acceptors (Lipinski definition) is 4. The molecule has 5 aromatic heterocycles. The van der Waals surface area contributed by atoms with E-state index in [9.17, 15) is 0 Å². The maximum Gasteiger partial charge on any atom is 0.147 e. The maximum atomic E-state index is 6.79. The molecule has 11 rings (SSSR count). The average Bonchev–Trinajstić information content (AvgIpc) is 3.81. The van der Waals surface area contributed by atoms with Crippen molar-refractivity contribution in [3.05, 3.63) is 151 Å². The third-order valence-corrected chi connectivity index (χ3v) is 11.3. The van der Waals surface area contributed by atoms with E-state index in [-0.39, 0.29) is 0 Å². The van der Waals surface area contributed by atoms with Crippen LogP contribution in [-0.2, 0) is 0 Å². The van der Waals surface area contributed by atoms with Gasteiger partial charge in [0.1, 0.15) is 28.4 Å². The summed E-state index contributed by atoms with van der Waals surface area (Å²) in [5, 5.41) is 6.58. The number of rotatable bonds is 5. The summed E-state index contributed by atoms with van der Waals surface area (Å²) in [6, 6.07) is 47.1. The summed E-state index contributed by atoms with van der Waals surface area (Å²) in [4.78, 5) is 15.1. The third-order valence-electron chi connectivity index (χ3n) is 11.3. The lowest BCUT2D eigenvalue weighted by Crippen LogP contribution is -2.01. The van der Waals surface area contributed by atoms with Crippen LogP contribution in [0.2, 0.25) is 0 Å². The molecule has 0 aliphatic carbocycles. The first-order valence-corrected chi connectivity index (χ1v) is 19.1. The molecule has 0 aliphatic rings. The Morgan fingerprint density at radius 1 is 0.473 bits per heavy atom. The van der Waals surface area contributed by atoms with Gasteiger partial charge < -0.3 is 4.74 Å². The van der Waals surface area contributed by atoms with Gasteiger partial charge in [-0.15, -0.1) is 0 Å². The highest BCUT2D eigenvalue weighted by molar-refractivity contribution is 6.19. The summed E-state index contributed by atoms with van der Waals surface area (Å²) < 4.78 is 11.3. The predicted octanol–water partition coefficient (Wildman–Crippen LogP) is 13.0. The number of ether oxygens (including phenoxy) is 1. The molecule has 6 nitrogen and oxygen atoms in total. The molecule has 0 bridgehead atoms. The molecule has 0 unspecified atom stereocenters. The summed E-state index contributed by atoms with van der Waals surface area (Å²) >= 11 is 0. The van der Waals surface area contributed by atoms with E-state index in [1.807, 2.05) is 30.5 Å². The number of pyridine rings is 3. The lowest BCUT2D eigenvalue weighted by molar-refractivity contribution is 0.484. The number of benzene rings is 6. The van der Waals surface area contributed by atoms with Crippen LogP contribution in [0.15, 0.2) is 140 Å². The first-order valence-electron chi connectivity index (χ1n) is 19.1. The van der Waals surface area contributed by atoms with Crippen molar-refractivity contribution < 1.29 is 4.74 Å². The SMILES string of the molecule is CC(C)c1cccc(C(C)C)c1-c1cccc2c1c1ccc(Oc3ccc4c5cccnc5n5c6ccccc6nc5c4c3)cc1c1nc3ccccc3n21. The fourth-order valence-corrected chi connectivity index (χ4v) is 8.87. The highest BCUT2D eigenvalue weighted by atomic mass is 16.5. The second kappa shape index (κ2) is 11.9. The summed E-state index contributed by atoms with van der Waals surface area (Å²) in [6.07, 6.45) is 1.85. The van der Waals surface area contributed by atoms with E-state index in [4.69, 9.17) is 19.7 Å². The molecular weight excluding hydrogens is 675 g/mol. The van der Waals surface area contributed by atoms with Gasteiger partial charge in [-0.2, -0.15) is 0 Å². The Labute approximate surface area is 317 Å². The quantitative estimate of drug-likeness (QED) is 0.167. The van der Waals surface area contributed by atoms with Gasteiger partial charge in [0, 0.05) is 27.7 Å². The standard InChI is InChI=1S/C49H37N5O/c1-28(2)32-12-9-13-33(29(3)4)45(32)37-14-10-20-44-46(37)35-24-22-31(27-39(35)48-51-40-16-5-7-18-42(40)53(44)48)55-30-21-23-34-36-15-11-25-50-47(36)54-43-19-8-6-17-41(43)52-49(54)38(34)26-30/h5-29H,1-4H3. The summed E-state index contributed by atoms with van der Waals surface area (Å²) in [7, 11) is 0. The Hall–Kier alpha value is -6.79. The Morgan fingerprint density at radius 2 is 1.05 bits per heavy atom. The minimum absolute atomic E-state index is 0.367. The van der Waals surface area contributed by atoms with Crippen LogP contribution in [0.25, 0.3) is 88.0 Å².